The minimum atomic E-state index is 0.546. The fourth-order valence-corrected chi connectivity index (χ4v) is 2.86. The summed E-state index contributed by atoms with van der Waals surface area (Å²) < 4.78 is 7.86. The third kappa shape index (κ3) is 3.62. The lowest BCUT2D eigenvalue weighted by atomic mass is 9.99. The van der Waals surface area contributed by atoms with Crippen molar-refractivity contribution in [1.29, 1.82) is 0 Å². The predicted octanol–water partition coefficient (Wildman–Crippen LogP) is 1.81. The van der Waals surface area contributed by atoms with E-state index >= 15 is 0 Å². The minimum absolute atomic E-state index is 0.546. The van der Waals surface area contributed by atoms with Crippen molar-refractivity contribution in [3.05, 3.63) is 36.0 Å². The highest BCUT2D eigenvalue weighted by molar-refractivity contribution is 5.09. The quantitative estimate of drug-likeness (QED) is 0.843. The normalized spacial score (nSPS) is 19.3. The summed E-state index contributed by atoms with van der Waals surface area (Å²) in [4.78, 5) is 6.65. The molecule has 2 aromatic rings. The van der Waals surface area contributed by atoms with Crippen molar-refractivity contribution >= 4 is 0 Å². The van der Waals surface area contributed by atoms with Crippen LogP contribution in [0.1, 0.15) is 24.5 Å². The van der Waals surface area contributed by atoms with Gasteiger partial charge < -0.3 is 9.30 Å². The van der Waals surface area contributed by atoms with Gasteiger partial charge >= 0.3 is 0 Å². The van der Waals surface area contributed by atoms with Crippen LogP contribution >= 0.6 is 0 Å². The van der Waals surface area contributed by atoms with Gasteiger partial charge in [-0.2, -0.15) is 0 Å². The molecule has 3 heterocycles. The van der Waals surface area contributed by atoms with Crippen LogP contribution in [-0.2, 0) is 13.6 Å². The van der Waals surface area contributed by atoms with Crippen LogP contribution in [0.5, 0.6) is 5.88 Å². The summed E-state index contributed by atoms with van der Waals surface area (Å²) in [5.74, 6) is 3.25. The van der Waals surface area contributed by atoms with Crippen LogP contribution in [0.4, 0.5) is 0 Å². The van der Waals surface area contributed by atoms with Crippen LogP contribution in [0.25, 0.3) is 0 Å². The number of aryl methyl sites for hydroxylation is 1. The fourth-order valence-electron chi connectivity index (χ4n) is 2.86. The van der Waals surface area contributed by atoms with Crippen LogP contribution in [0.3, 0.4) is 0 Å². The highest BCUT2D eigenvalue weighted by Gasteiger charge is 2.22. The molecule has 2 aromatic heterocycles. The molecule has 1 aliphatic rings. The van der Waals surface area contributed by atoms with Crippen molar-refractivity contribution in [3.63, 3.8) is 0 Å². The SMILES string of the molecule is Cc1nnc(CN2CCCC(COc3ccccn3)C2)n1C. The summed E-state index contributed by atoms with van der Waals surface area (Å²) >= 11 is 0. The Morgan fingerprint density at radius 2 is 2.23 bits per heavy atom. The number of ether oxygens (including phenoxy) is 1. The Labute approximate surface area is 131 Å². The van der Waals surface area contributed by atoms with E-state index in [1.165, 1.54) is 12.8 Å². The lowest BCUT2D eigenvalue weighted by molar-refractivity contribution is 0.120. The summed E-state index contributed by atoms with van der Waals surface area (Å²) in [7, 11) is 2.02. The molecule has 0 N–H and O–H groups in total. The summed E-state index contributed by atoms with van der Waals surface area (Å²) in [5.41, 5.74) is 0. The van der Waals surface area contributed by atoms with E-state index in [9.17, 15) is 0 Å². The number of likely N-dealkylation sites (tertiary alicyclic amines) is 1. The maximum Gasteiger partial charge on any atom is 0.213 e. The molecule has 6 nitrogen and oxygen atoms in total. The topological polar surface area (TPSA) is 56.1 Å². The van der Waals surface area contributed by atoms with Gasteiger partial charge in [0.25, 0.3) is 0 Å². The van der Waals surface area contributed by atoms with Gasteiger partial charge in [-0.3, -0.25) is 4.90 Å². The van der Waals surface area contributed by atoms with Crippen molar-refractivity contribution in [2.45, 2.75) is 26.3 Å². The van der Waals surface area contributed by atoms with Gasteiger partial charge in [0.2, 0.25) is 5.88 Å². The first-order valence-corrected chi connectivity index (χ1v) is 7.83. The van der Waals surface area contributed by atoms with E-state index in [2.05, 4.69) is 24.6 Å². The third-order valence-corrected chi connectivity index (χ3v) is 4.26. The van der Waals surface area contributed by atoms with Crippen molar-refractivity contribution in [1.82, 2.24) is 24.6 Å². The zero-order valence-corrected chi connectivity index (χ0v) is 13.3. The third-order valence-electron chi connectivity index (χ3n) is 4.26. The molecule has 6 heteroatoms. The second-order valence-corrected chi connectivity index (χ2v) is 5.94. The molecule has 0 radical (unpaired) electrons. The second-order valence-electron chi connectivity index (χ2n) is 5.94. The maximum absolute atomic E-state index is 5.80. The van der Waals surface area contributed by atoms with E-state index < -0.39 is 0 Å². The van der Waals surface area contributed by atoms with Crippen LogP contribution < -0.4 is 4.74 Å². The summed E-state index contributed by atoms with van der Waals surface area (Å²) in [5, 5.41) is 8.39. The molecule has 1 saturated heterocycles. The Morgan fingerprint density at radius 3 is 2.95 bits per heavy atom. The molecule has 0 aromatic carbocycles. The number of pyridine rings is 1. The van der Waals surface area contributed by atoms with Crippen LogP contribution in [0, 0.1) is 12.8 Å². The predicted molar refractivity (Wildman–Crippen MR) is 83.5 cm³/mol. The maximum atomic E-state index is 5.80. The van der Waals surface area contributed by atoms with Crippen molar-refractivity contribution in [3.8, 4) is 5.88 Å². The zero-order valence-electron chi connectivity index (χ0n) is 13.3. The molecule has 0 spiro atoms. The molecule has 118 valence electrons. The van der Waals surface area contributed by atoms with Crippen molar-refractivity contribution < 1.29 is 4.74 Å². The second kappa shape index (κ2) is 6.87. The smallest absolute Gasteiger partial charge is 0.213 e. The molecule has 1 atom stereocenters. The molecule has 0 saturated carbocycles. The fraction of sp³-hybridized carbons (Fsp3) is 0.562. The Kier molecular flexibility index (Phi) is 4.68. The molecule has 0 amide bonds. The lowest BCUT2D eigenvalue weighted by Gasteiger charge is -2.32. The number of nitrogens with zero attached hydrogens (tertiary/aromatic N) is 5. The Hall–Kier alpha value is -1.95. The largest absolute Gasteiger partial charge is 0.477 e. The van der Waals surface area contributed by atoms with E-state index in [0.717, 1.165) is 37.9 Å². The molecule has 1 fully saturated rings. The lowest BCUT2D eigenvalue weighted by Crippen LogP contribution is -2.37. The standard InChI is InChI=1S/C16H23N5O/c1-13-18-19-15(20(13)2)11-21-9-5-6-14(10-21)12-22-16-7-3-4-8-17-16/h3-4,7-8,14H,5-6,9-12H2,1-2H3. The van der Waals surface area contributed by atoms with Gasteiger partial charge in [-0.1, -0.05) is 6.07 Å². The molecule has 1 unspecified atom stereocenters. The van der Waals surface area contributed by atoms with Gasteiger partial charge in [0.05, 0.1) is 13.2 Å². The van der Waals surface area contributed by atoms with Gasteiger partial charge in [-0.05, 0) is 32.4 Å². The van der Waals surface area contributed by atoms with Crippen molar-refractivity contribution in [2.24, 2.45) is 13.0 Å². The monoisotopic (exact) mass is 301 g/mol. The van der Waals surface area contributed by atoms with E-state index in [0.29, 0.717) is 11.8 Å². The molecule has 3 rings (SSSR count). The van der Waals surface area contributed by atoms with Gasteiger partial charge in [-0.15, -0.1) is 10.2 Å². The molecular formula is C16H23N5O. The van der Waals surface area contributed by atoms with E-state index in [1.54, 1.807) is 6.20 Å². The van der Waals surface area contributed by atoms with E-state index in [-0.39, 0.29) is 0 Å². The van der Waals surface area contributed by atoms with Gasteiger partial charge in [0, 0.05) is 31.8 Å². The van der Waals surface area contributed by atoms with E-state index in [4.69, 9.17) is 4.74 Å². The first-order chi connectivity index (χ1) is 10.7. The van der Waals surface area contributed by atoms with Crippen molar-refractivity contribution in [2.75, 3.05) is 19.7 Å². The van der Waals surface area contributed by atoms with Gasteiger partial charge in [0.15, 0.2) is 0 Å². The van der Waals surface area contributed by atoms with Crippen LogP contribution in [0.2, 0.25) is 0 Å². The Balaban J connectivity index is 1.52. The minimum Gasteiger partial charge on any atom is -0.477 e. The summed E-state index contributed by atoms with van der Waals surface area (Å²) in [6.45, 7) is 5.73. The summed E-state index contributed by atoms with van der Waals surface area (Å²) in [6, 6.07) is 5.76. The first kappa shape index (κ1) is 15.0. The molecule has 1 aliphatic heterocycles. The molecule has 22 heavy (non-hydrogen) atoms. The van der Waals surface area contributed by atoms with Crippen LogP contribution in [-0.4, -0.2) is 44.3 Å². The van der Waals surface area contributed by atoms with Gasteiger partial charge in [-0.25, -0.2) is 4.98 Å². The number of aromatic nitrogens is 4. The number of hydrogen-bond acceptors (Lipinski definition) is 5. The Morgan fingerprint density at radius 1 is 1.32 bits per heavy atom. The summed E-state index contributed by atoms with van der Waals surface area (Å²) in [6.07, 6.45) is 4.17. The highest BCUT2D eigenvalue weighted by atomic mass is 16.5. The zero-order chi connectivity index (χ0) is 15.4. The molecular weight excluding hydrogens is 278 g/mol. The molecule has 0 bridgehead atoms. The number of rotatable bonds is 5. The molecule has 0 aliphatic carbocycles. The number of hydrogen-bond donors (Lipinski definition) is 0. The highest BCUT2D eigenvalue weighted by Crippen LogP contribution is 2.19. The Bertz CT molecular complexity index is 598. The number of piperidine rings is 1. The van der Waals surface area contributed by atoms with Gasteiger partial charge in [0.1, 0.15) is 11.6 Å². The first-order valence-electron chi connectivity index (χ1n) is 7.83. The van der Waals surface area contributed by atoms with Crippen LogP contribution in [0.15, 0.2) is 24.4 Å². The average molecular weight is 301 g/mol. The van der Waals surface area contributed by atoms with E-state index in [1.807, 2.05) is 32.2 Å². The average Bonchev–Trinajstić information content (AvgIpc) is 2.86.